The van der Waals surface area contributed by atoms with Crippen LogP contribution < -0.4 is 4.74 Å². The van der Waals surface area contributed by atoms with Gasteiger partial charge in [-0.1, -0.05) is 42.5 Å². The first kappa shape index (κ1) is 25.8. The summed E-state index contributed by atoms with van der Waals surface area (Å²) in [5.74, 6) is -0.728. The molecule has 0 saturated heterocycles. The number of carbonyl (C=O) groups excluding carboxylic acids is 2. The summed E-state index contributed by atoms with van der Waals surface area (Å²) >= 11 is 0. The number of hydrogen-bond acceptors (Lipinski definition) is 8. The quantitative estimate of drug-likeness (QED) is 0.388. The molecule has 2 aromatic rings. The first-order valence-corrected chi connectivity index (χ1v) is 11.5. The molecule has 0 radical (unpaired) electrons. The van der Waals surface area contributed by atoms with E-state index in [9.17, 15) is 9.59 Å². The van der Waals surface area contributed by atoms with Gasteiger partial charge in [-0.3, -0.25) is 5.01 Å². The first-order valence-electron chi connectivity index (χ1n) is 11.5. The third kappa shape index (κ3) is 6.01. The minimum absolute atomic E-state index is 0.0223. The molecule has 0 spiro atoms. The molecular weight excluding hydrogens is 448 g/mol. The topological polar surface area (TPSA) is 86.7 Å². The smallest absolute Gasteiger partial charge is 0.344 e. The van der Waals surface area contributed by atoms with Crippen LogP contribution in [0, 0.1) is 0 Å². The highest BCUT2D eigenvalue weighted by molar-refractivity contribution is 6.23. The minimum atomic E-state index is -0.889. The molecule has 0 amide bonds. The summed E-state index contributed by atoms with van der Waals surface area (Å²) in [5, 5.41) is 6.39. The maximum atomic E-state index is 12.8. The number of ether oxygens (including phenoxy) is 4. The fourth-order valence-corrected chi connectivity index (χ4v) is 3.81. The molecule has 1 unspecified atom stereocenters. The maximum Gasteiger partial charge on any atom is 0.344 e. The van der Waals surface area contributed by atoms with Crippen LogP contribution in [-0.2, 0) is 30.4 Å². The minimum Gasteiger partial charge on any atom is -0.489 e. The largest absolute Gasteiger partial charge is 0.489 e. The molecule has 1 aliphatic heterocycles. The van der Waals surface area contributed by atoms with Crippen LogP contribution in [-0.4, -0.2) is 49.1 Å². The molecule has 0 aromatic heterocycles. The number of esters is 2. The second-order valence-corrected chi connectivity index (χ2v) is 8.59. The average Bonchev–Trinajstić information content (AvgIpc) is 3.24. The van der Waals surface area contributed by atoms with E-state index in [1.165, 1.54) is 14.2 Å². The predicted octanol–water partition coefficient (Wildman–Crippen LogP) is 4.41. The van der Waals surface area contributed by atoms with Crippen molar-refractivity contribution in [3.05, 3.63) is 76.9 Å². The predicted molar refractivity (Wildman–Crippen MR) is 132 cm³/mol. The van der Waals surface area contributed by atoms with Gasteiger partial charge >= 0.3 is 11.9 Å². The van der Waals surface area contributed by atoms with Crippen LogP contribution in [0.4, 0.5) is 0 Å². The fraction of sp³-hybridized carbons (Fsp3) is 0.370. The summed E-state index contributed by atoms with van der Waals surface area (Å²) in [6.07, 6.45) is -0.889. The van der Waals surface area contributed by atoms with E-state index >= 15 is 0 Å². The highest BCUT2D eigenvalue weighted by Gasteiger charge is 2.43. The third-order valence-corrected chi connectivity index (χ3v) is 5.47. The van der Waals surface area contributed by atoms with Gasteiger partial charge in [0.1, 0.15) is 23.5 Å². The molecule has 0 bridgehead atoms. The van der Waals surface area contributed by atoms with Crippen LogP contribution in [0.15, 0.2) is 70.8 Å². The van der Waals surface area contributed by atoms with Gasteiger partial charge in [0.25, 0.3) is 0 Å². The normalized spacial score (nSPS) is 16.5. The summed E-state index contributed by atoms with van der Waals surface area (Å²) in [7, 11) is 2.50. The maximum absolute atomic E-state index is 12.8. The van der Waals surface area contributed by atoms with Gasteiger partial charge in [0.15, 0.2) is 6.10 Å². The average molecular weight is 481 g/mol. The molecule has 2 aromatic carbocycles. The lowest BCUT2D eigenvalue weighted by Crippen LogP contribution is -2.34. The van der Waals surface area contributed by atoms with Crippen molar-refractivity contribution in [2.45, 2.75) is 52.5 Å². The van der Waals surface area contributed by atoms with Crippen molar-refractivity contribution in [1.29, 1.82) is 0 Å². The molecule has 0 aliphatic carbocycles. The lowest BCUT2D eigenvalue weighted by molar-refractivity contribution is -0.139. The number of hydrazone groups is 1. The van der Waals surface area contributed by atoms with Gasteiger partial charge in [0.2, 0.25) is 5.90 Å². The summed E-state index contributed by atoms with van der Waals surface area (Å²) in [6, 6.07) is 17.1. The van der Waals surface area contributed by atoms with Gasteiger partial charge in [-0.25, -0.2) is 9.59 Å². The summed E-state index contributed by atoms with van der Waals surface area (Å²) in [6.45, 7) is 8.35. The van der Waals surface area contributed by atoms with Crippen molar-refractivity contribution in [1.82, 2.24) is 5.01 Å². The van der Waals surface area contributed by atoms with Crippen LogP contribution in [0.3, 0.4) is 0 Å². The molecular formula is C27H32N2O6. The summed E-state index contributed by atoms with van der Waals surface area (Å²) < 4.78 is 21.9. The van der Waals surface area contributed by atoms with E-state index in [1.807, 2.05) is 58.0 Å². The Labute approximate surface area is 206 Å². The molecule has 0 N–H and O–H groups in total. The Morgan fingerprint density at radius 1 is 0.914 bits per heavy atom. The zero-order valence-corrected chi connectivity index (χ0v) is 21.0. The highest BCUT2D eigenvalue weighted by atomic mass is 16.5. The standard InChI is InChI=1S/C27H32N2O6/c1-17(2)29(18(3)4)28-25-23(27(31)33-6)22(26(30)32-5)24(35-25)20-12-14-21(15-13-20)34-16-19-10-8-7-9-11-19/h7-15,17-18,24H,16H2,1-6H3/b28-25-. The van der Waals surface area contributed by atoms with Gasteiger partial charge in [-0.2, -0.15) is 0 Å². The SMILES string of the molecule is COC(=O)C1=C(C(=O)OC)C(c2ccc(OCc3ccccc3)cc2)O/C1=N\N(C(C)C)C(C)C. The molecule has 35 heavy (non-hydrogen) atoms. The lowest BCUT2D eigenvalue weighted by atomic mass is 9.99. The number of carbonyl (C=O) groups is 2. The highest BCUT2D eigenvalue weighted by Crippen LogP contribution is 2.38. The Hall–Kier alpha value is -3.81. The van der Waals surface area contributed by atoms with E-state index in [0.717, 1.165) is 5.56 Å². The van der Waals surface area contributed by atoms with Crippen LogP contribution >= 0.6 is 0 Å². The number of methoxy groups -OCH3 is 2. The van der Waals surface area contributed by atoms with E-state index in [-0.39, 0.29) is 29.1 Å². The molecule has 1 aliphatic rings. The molecule has 0 fully saturated rings. The van der Waals surface area contributed by atoms with Gasteiger partial charge in [-0.15, -0.1) is 5.10 Å². The van der Waals surface area contributed by atoms with E-state index in [0.29, 0.717) is 17.9 Å². The molecule has 3 rings (SSSR count). The summed E-state index contributed by atoms with van der Waals surface area (Å²) in [5.41, 5.74) is 1.70. The molecule has 1 heterocycles. The molecule has 8 heteroatoms. The van der Waals surface area contributed by atoms with Crippen molar-refractivity contribution in [2.24, 2.45) is 5.10 Å². The van der Waals surface area contributed by atoms with Crippen molar-refractivity contribution in [3.63, 3.8) is 0 Å². The van der Waals surface area contributed by atoms with E-state index in [4.69, 9.17) is 18.9 Å². The van der Waals surface area contributed by atoms with E-state index < -0.39 is 18.0 Å². The van der Waals surface area contributed by atoms with Gasteiger partial charge < -0.3 is 18.9 Å². The van der Waals surface area contributed by atoms with Crippen molar-refractivity contribution < 1.29 is 28.5 Å². The third-order valence-electron chi connectivity index (χ3n) is 5.47. The Morgan fingerprint density at radius 2 is 1.51 bits per heavy atom. The number of rotatable bonds is 9. The first-order chi connectivity index (χ1) is 16.8. The van der Waals surface area contributed by atoms with Crippen LogP contribution in [0.25, 0.3) is 0 Å². The van der Waals surface area contributed by atoms with Crippen LogP contribution in [0.5, 0.6) is 5.75 Å². The molecule has 0 saturated carbocycles. The molecule has 186 valence electrons. The second-order valence-electron chi connectivity index (χ2n) is 8.59. The summed E-state index contributed by atoms with van der Waals surface area (Å²) in [4.78, 5) is 25.5. The van der Waals surface area contributed by atoms with Crippen molar-refractivity contribution in [3.8, 4) is 5.75 Å². The van der Waals surface area contributed by atoms with Crippen molar-refractivity contribution >= 4 is 17.8 Å². The zero-order chi connectivity index (χ0) is 25.5. The second kappa shape index (κ2) is 11.6. The van der Waals surface area contributed by atoms with Gasteiger partial charge in [0, 0.05) is 12.1 Å². The number of hydrogen-bond donors (Lipinski definition) is 0. The monoisotopic (exact) mass is 480 g/mol. The fourth-order valence-electron chi connectivity index (χ4n) is 3.81. The lowest BCUT2D eigenvalue weighted by Gasteiger charge is -2.28. The van der Waals surface area contributed by atoms with Crippen LogP contribution in [0.2, 0.25) is 0 Å². The van der Waals surface area contributed by atoms with Crippen LogP contribution in [0.1, 0.15) is 44.9 Å². The molecule has 8 nitrogen and oxygen atoms in total. The number of benzene rings is 2. The number of nitrogens with zero attached hydrogens (tertiary/aromatic N) is 2. The van der Waals surface area contributed by atoms with E-state index in [1.54, 1.807) is 29.3 Å². The Balaban J connectivity index is 1.96. The molecule has 1 atom stereocenters. The zero-order valence-electron chi connectivity index (χ0n) is 21.0. The van der Waals surface area contributed by atoms with Crippen molar-refractivity contribution in [2.75, 3.05) is 14.2 Å². The van der Waals surface area contributed by atoms with Gasteiger partial charge in [-0.05, 0) is 51.0 Å². The Bertz CT molecular complexity index is 1080. The van der Waals surface area contributed by atoms with E-state index in [2.05, 4.69) is 5.10 Å². The Kier molecular flexibility index (Phi) is 8.52. The Morgan fingerprint density at radius 3 is 2.06 bits per heavy atom. The van der Waals surface area contributed by atoms with Gasteiger partial charge in [0.05, 0.1) is 14.2 Å².